The van der Waals surface area contributed by atoms with Crippen molar-refractivity contribution in [2.75, 3.05) is 5.73 Å². The summed E-state index contributed by atoms with van der Waals surface area (Å²) in [5.74, 6) is -0.198. The molecule has 0 aliphatic carbocycles. The highest BCUT2D eigenvalue weighted by Gasteiger charge is 2.31. The number of carbonyl (C=O) groups is 1. The van der Waals surface area contributed by atoms with Crippen LogP contribution in [0.15, 0.2) is 41.0 Å². The van der Waals surface area contributed by atoms with Crippen LogP contribution in [0.2, 0.25) is 0 Å². The molecule has 1 amide bonds. The second-order valence-corrected chi connectivity index (χ2v) is 4.51. The van der Waals surface area contributed by atoms with Gasteiger partial charge in [-0.3, -0.25) is 4.79 Å². The van der Waals surface area contributed by atoms with Crippen molar-refractivity contribution in [3.63, 3.8) is 0 Å². The van der Waals surface area contributed by atoms with Crippen molar-refractivity contribution in [2.24, 2.45) is 0 Å². The van der Waals surface area contributed by atoms with E-state index in [1.54, 1.807) is 19.1 Å². The maximum Gasteiger partial charge on any atom is 0.416 e. The number of rotatable bonds is 3. The molecule has 0 aliphatic rings. The fourth-order valence-corrected chi connectivity index (χ4v) is 1.81. The zero-order valence-corrected chi connectivity index (χ0v) is 11.1. The number of nitrogens with one attached hydrogen (secondary N) is 1. The lowest BCUT2D eigenvalue weighted by Gasteiger charge is -2.14. The van der Waals surface area contributed by atoms with E-state index in [2.05, 4.69) is 5.32 Å². The summed E-state index contributed by atoms with van der Waals surface area (Å²) in [5, 5.41) is 2.54. The Morgan fingerprint density at radius 1 is 1.33 bits per heavy atom. The number of carbonyl (C=O) groups excluding carboxylic acids is 1. The van der Waals surface area contributed by atoms with Crippen LogP contribution in [0.3, 0.4) is 0 Å². The van der Waals surface area contributed by atoms with Crippen LogP contribution in [0.5, 0.6) is 0 Å². The van der Waals surface area contributed by atoms with Crippen LogP contribution in [0.25, 0.3) is 0 Å². The smallest absolute Gasteiger partial charge is 0.416 e. The zero-order chi connectivity index (χ0) is 15.6. The molecule has 1 aromatic heterocycles. The predicted octanol–water partition coefficient (Wildman–Crippen LogP) is 3.37. The van der Waals surface area contributed by atoms with Gasteiger partial charge in [0.25, 0.3) is 5.91 Å². The van der Waals surface area contributed by atoms with E-state index in [1.165, 1.54) is 6.26 Å². The number of anilines is 1. The van der Waals surface area contributed by atoms with Gasteiger partial charge in [0.15, 0.2) is 0 Å². The number of hydrogen-bond acceptors (Lipinski definition) is 3. The molecule has 1 atom stereocenters. The zero-order valence-electron chi connectivity index (χ0n) is 11.1. The lowest BCUT2D eigenvalue weighted by Crippen LogP contribution is -2.27. The average molecular weight is 298 g/mol. The van der Waals surface area contributed by atoms with Crippen LogP contribution in [-0.4, -0.2) is 5.91 Å². The first kappa shape index (κ1) is 15.0. The van der Waals surface area contributed by atoms with Crippen molar-refractivity contribution < 1.29 is 22.4 Å². The van der Waals surface area contributed by atoms with Gasteiger partial charge in [-0.2, -0.15) is 13.2 Å². The van der Waals surface area contributed by atoms with Gasteiger partial charge in [-0.05, 0) is 37.3 Å². The highest BCUT2D eigenvalue weighted by molar-refractivity contribution is 5.99. The third-order valence-corrected chi connectivity index (χ3v) is 2.94. The first-order chi connectivity index (χ1) is 9.79. The summed E-state index contributed by atoms with van der Waals surface area (Å²) in [6, 6.07) is 5.45. The van der Waals surface area contributed by atoms with E-state index in [0.717, 1.165) is 18.2 Å². The molecular weight excluding hydrogens is 285 g/mol. The van der Waals surface area contributed by atoms with Gasteiger partial charge < -0.3 is 15.5 Å². The number of alkyl halides is 3. The van der Waals surface area contributed by atoms with E-state index in [0.29, 0.717) is 5.76 Å². The first-order valence-electron chi connectivity index (χ1n) is 6.10. The molecule has 112 valence electrons. The van der Waals surface area contributed by atoms with Crippen LogP contribution in [0.4, 0.5) is 18.9 Å². The Morgan fingerprint density at radius 2 is 2.05 bits per heavy atom. The quantitative estimate of drug-likeness (QED) is 0.854. The fourth-order valence-electron chi connectivity index (χ4n) is 1.81. The Balaban J connectivity index is 2.23. The number of halogens is 3. The number of benzene rings is 1. The maximum absolute atomic E-state index is 12.7. The largest absolute Gasteiger partial charge is 0.467 e. The first-order valence-corrected chi connectivity index (χ1v) is 6.10. The Kier molecular flexibility index (Phi) is 3.93. The monoisotopic (exact) mass is 298 g/mol. The standard InChI is InChI=1S/C14H13F3N2O2/c1-8(12-3-2-6-21-12)19-13(20)10-7-9(14(15,16)17)4-5-11(10)18/h2-8H,18H2,1H3,(H,19,20). The molecule has 0 fully saturated rings. The molecule has 1 unspecified atom stereocenters. The van der Waals surface area contributed by atoms with Crippen molar-refractivity contribution >= 4 is 11.6 Å². The number of furan rings is 1. The maximum atomic E-state index is 12.7. The molecular formula is C14H13F3N2O2. The summed E-state index contributed by atoms with van der Waals surface area (Å²) in [7, 11) is 0. The molecule has 0 spiro atoms. The van der Waals surface area contributed by atoms with Crippen LogP contribution in [0.1, 0.15) is 34.6 Å². The molecule has 2 aromatic rings. The Morgan fingerprint density at radius 3 is 2.62 bits per heavy atom. The Bertz CT molecular complexity index is 636. The van der Waals surface area contributed by atoms with Gasteiger partial charge >= 0.3 is 6.18 Å². The van der Waals surface area contributed by atoms with Crippen LogP contribution >= 0.6 is 0 Å². The SMILES string of the molecule is CC(NC(=O)c1cc(C(F)(F)F)ccc1N)c1ccco1. The molecule has 4 nitrogen and oxygen atoms in total. The summed E-state index contributed by atoms with van der Waals surface area (Å²) in [4.78, 5) is 12.1. The average Bonchev–Trinajstić information content (AvgIpc) is 2.91. The molecule has 1 aromatic carbocycles. The van der Waals surface area contributed by atoms with Crippen molar-refractivity contribution in [1.82, 2.24) is 5.32 Å². The van der Waals surface area contributed by atoms with E-state index in [1.807, 2.05) is 0 Å². The molecule has 2 rings (SSSR count). The van der Waals surface area contributed by atoms with Gasteiger partial charge in [0.1, 0.15) is 5.76 Å². The highest BCUT2D eigenvalue weighted by Crippen LogP contribution is 2.31. The predicted molar refractivity (Wildman–Crippen MR) is 70.4 cm³/mol. The van der Waals surface area contributed by atoms with Crippen molar-refractivity contribution in [1.29, 1.82) is 0 Å². The summed E-state index contributed by atoms with van der Waals surface area (Å²) in [6.45, 7) is 1.65. The summed E-state index contributed by atoms with van der Waals surface area (Å²) >= 11 is 0. The summed E-state index contributed by atoms with van der Waals surface area (Å²) in [6.07, 6.45) is -3.09. The number of hydrogen-bond donors (Lipinski definition) is 2. The molecule has 0 bridgehead atoms. The van der Waals surface area contributed by atoms with Gasteiger partial charge in [-0.25, -0.2) is 0 Å². The van der Waals surface area contributed by atoms with Crippen molar-refractivity contribution in [2.45, 2.75) is 19.1 Å². The molecule has 3 N–H and O–H groups in total. The minimum Gasteiger partial charge on any atom is -0.467 e. The van der Waals surface area contributed by atoms with Gasteiger partial charge in [0.05, 0.1) is 23.4 Å². The van der Waals surface area contributed by atoms with Gasteiger partial charge in [-0.1, -0.05) is 0 Å². The minimum atomic E-state index is -4.53. The molecule has 0 aliphatic heterocycles. The fraction of sp³-hybridized carbons (Fsp3) is 0.214. The normalized spacial score (nSPS) is 13.0. The van der Waals surface area contributed by atoms with Crippen molar-refractivity contribution in [3.8, 4) is 0 Å². The minimum absolute atomic E-state index is 0.0212. The van der Waals surface area contributed by atoms with E-state index >= 15 is 0 Å². The van der Waals surface area contributed by atoms with E-state index < -0.39 is 23.7 Å². The third-order valence-electron chi connectivity index (χ3n) is 2.94. The van der Waals surface area contributed by atoms with Crippen LogP contribution in [0, 0.1) is 0 Å². The molecule has 1 heterocycles. The second-order valence-electron chi connectivity index (χ2n) is 4.51. The van der Waals surface area contributed by atoms with Crippen LogP contribution < -0.4 is 11.1 Å². The van der Waals surface area contributed by atoms with Gasteiger partial charge in [-0.15, -0.1) is 0 Å². The Hall–Kier alpha value is -2.44. The number of amides is 1. The number of nitrogen functional groups attached to an aromatic ring is 1. The number of nitrogens with two attached hydrogens (primary N) is 1. The summed E-state index contributed by atoms with van der Waals surface area (Å²) < 4.78 is 43.1. The second kappa shape index (κ2) is 5.51. The molecule has 0 radical (unpaired) electrons. The molecule has 7 heteroatoms. The van der Waals surface area contributed by atoms with E-state index in [-0.39, 0.29) is 11.3 Å². The Labute approximate surface area is 118 Å². The van der Waals surface area contributed by atoms with E-state index in [4.69, 9.17) is 10.2 Å². The highest BCUT2D eigenvalue weighted by atomic mass is 19.4. The molecule has 0 saturated carbocycles. The van der Waals surface area contributed by atoms with Crippen molar-refractivity contribution in [3.05, 3.63) is 53.5 Å². The van der Waals surface area contributed by atoms with E-state index in [9.17, 15) is 18.0 Å². The third kappa shape index (κ3) is 3.36. The topological polar surface area (TPSA) is 68.3 Å². The lowest BCUT2D eigenvalue weighted by atomic mass is 10.1. The van der Waals surface area contributed by atoms with Crippen LogP contribution in [-0.2, 0) is 6.18 Å². The van der Waals surface area contributed by atoms with Gasteiger partial charge in [0, 0.05) is 5.69 Å². The lowest BCUT2D eigenvalue weighted by molar-refractivity contribution is -0.137. The molecule has 21 heavy (non-hydrogen) atoms. The van der Waals surface area contributed by atoms with Gasteiger partial charge in [0.2, 0.25) is 0 Å². The summed E-state index contributed by atoms with van der Waals surface area (Å²) in [5.41, 5.74) is 4.41. The molecule has 0 saturated heterocycles.